The molecule has 3 aromatic rings. The van der Waals surface area contributed by atoms with E-state index in [4.69, 9.17) is 4.74 Å². The predicted octanol–water partition coefficient (Wildman–Crippen LogP) is 3.35. The largest absolute Gasteiger partial charge is 0.465 e. The number of hydrogen-bond donors (Lipinski definition) is 1. The molecule has 0 aliphatic rings. The average molecular weight is 436 g/mol. The molecule has 146 valence electrons. The monoisotopic (exact) mass is 435 g/mol. The van der Waals surface area contributed by atoms with Crippen LogP contribution in [0.2, 0.25) is 0 Å². The van der Waals surface area contributed by atoms with Gasteiger partial charge in [-0.25, -0.2) is 4.98 Å². The van der Waals surface area contributed by atoms with Crippen LogP contribution in [0.25, 0.3) is 5.69 Å². The number of ether oxygens (including phenoxy) is 1. The third kappa shape index (κ3) is 4.91. The number of carbonyl (C=O) groups excluding carboxylic acids is 2. The Morgan fingerprint density at radius 3 is 2.75 bits per heavy atom. The highest BCUT2D eigenvalue weighted by atomic mass is 32.2. The first-order valence-electron chi connectivity index (χ1n) is 8.22. The van der Waals surface area contributed by atoms with E-state index in [2.05, 4.69) is 20.5 Å². The predicted molar refractivity (Wildman–Crippen MR) is 111 cm³/mol. The van der Waals surface area contributed by atoms with Gasteiger partial charge in [0.2, 0.25) is 5.13 Å². The van der Waals surface area contributed by atoms with Crippen molar-refractivity contribution < 1.29 is 14.3 Å². The number of imidazole rings is 1. The maximum atomic E-state index is 12.8. The summed E-state index contributed by atoms with van der Waals surface area (Å²) < 4.78 is 7.24. The Kier molecular flexibility index (Phi) is 7.06. The number of amides is 1. The Labute approximate surface area is 174 Å². The SMILES string of the molecule is CCOC(=O)CSc1nnc(NC(=O)c2cnc(SC)n2-c2ccccc2)s1. The standard InChI is InChI=1S/C17H17N5O3S3/c1-3-25-13(23)10-27-17-21-20-15(28-17)19-14(24)12-9-18-16(26-2)22(12)11-7-5-4-6-8-11/h4-9H,3,10H2,1-2H3,(H,19,20,24). The highest BCUT2D eigenvalue weighted by Crippen LogP contribution is 2.27. The summed E-state index contributed by atoms with van der Waals surface area (Å²) in [6, 6.07) is 9.54. The Balaban J connectivity index is 1.72. The second-order valence-corrected chi connectivity index (χ2v) is 8.20. The van der Waals surface area contributed by atoms with E-state index in [-0.39, 0.29) is 17.6 Å². The number of thioether (sulfide) groups is 2. The van der Waals surface area contributed by atoms with Crippen molar-refractivity contribution in [2.24, 2.45) is 0 Å². The molecule has 0 fully saturated rings. The normalized spacial score (nSPS) is 10.6. The Bertz CT molecular complexity index is 958. The lowest BCUT2D eigenvalue weighted by Crippen LogP contribution is -2.16. The molecule has 1 aromatic carbocycles. The van der Waals surface area contributed by atoms with Gasteiger partial charge in [0.15, 0.2) is 9.50 Å². The van der Waals surface area contributed by atoms with Gasteiger partial charge < -0.3 is 4.74 Å². The second kappa shape index (κ2) is 9.71. The number of nitrogens with zero attached hydrogens (tertiary/aromatic N) is 4. The van der Waals surface area contributed by atoms with E-state index < -0.39 is 0 Å². The molecule has 0 radical (unpaired) electrons. The van der Waals surface area contributed by atoms with Gasteiger partial charge in [-0.15, -0.1) is 10.2 Å². The van der Waals surface area contributed by atoms with Gasteiger partial charge in [0, 0.05) is 5.69 Å². The first kappa shape index (κ1) is 20.4. The fourth-order valence-electron chi connectivity index (χ4n) is 2.27. The van der Waals surface area contributed by atoms with E-state index >= 15 is 0 Å². The molecule has 0 aliphatic heterocycles. The summed E-state index contributed by atoms with van der Waals surface area (Å²) in [5, 5.41) is 11.7. The molecule has 11 heteroatoms. The summed E-state index contributed by atoms with van der Waals surface area (Å²) in [7, 11) is 0. The molecule has 0 saturated carbocycles. The van der Waals surface area contributed by atoms with Gasteiger partial charge in [0.1, 0.15) is 5.69 Å². The van der Waals surface area contributed by atoms with Gasteiger partial charge in [0.05, 0.1) is 18.6 Å². The van der Waals surface area contributed by atoms with E-state index in [9.17, 15) is 9.59 Å². The van der Waals surface area contributed by atoms with Crippen molar-refractivity contribution >= 4 is 51.9 Å². The molecule has 3 rings (SSSR count). The van der Waals surface area contributed by atoms with Crippen molar-refractivity contribution in [1.29, 1.82) is 0 Å². The van der Waals surface area contributed by atoms with Crippen LogP contribution in [0.5, 0.6) is 0 Å². The van der Waals surface area contributed by atoms with Crippen molar-refractivity contribution in [2.45, 2.75) is 16.4 Å². The zero-order chi connectivity index (χ0) is 19.9. The lowest BCUT2D eigenvalue weighted by molar-refractivity contribution is -0.139. The van der Waals surface area contributed by atoms with Crippen LogP contribution in [-0.2, 0) is 9.53 Å². The third-order valence-corrected chi connectivity index (χ3v) is 6.00. The number of benzene rings is 1. The van der Waals surface area contributed by atoms with Crippen LogP contribution in [0.4, 0.5) is 5.13 Å². The first-order valence-corrected chi connectivity index (χ1v) is 11.3. The number of carbonyl (C=O) groups is 2. The first-order chi connectivity index (χ1) is 13.6. The highest BCUT2D eigenvalue weighted by molar-refractivity contribution is 8.01. The summed E-state index contributed by atoms with van der Waals surface area (Å²) in [5.41, 5.74) is 1.24. The minimum atomic E-state index is -0.338. The quantitative estimate of drug-likeness (QED) is 0.327. The van der Waals surface area contributed by atoms with Crippen LogP contribution in [0.3, 0.4) is 0 Å². The molecule has 0 atom stereocenters. The highest BCUT2D eigenvalue weighted by Gasteiger charge is 2.19. The molecule has 0 unspecified atom stereocenters. The lowest BCUT2D eigenvalue weighted by Gasteiger charge is -2.10. The van der Waals surface area contributed by atoms with Crippen molar-refractivity contribution in [3.05, 3.63) is 42.2 Å². The van der Waals surface area contributed by atoms with Crippen molar-refractivity contribution in [3.8, 4) is 5.69 Å². The van der Waals surface area contributed by atoms with Crippen LogP contribution in [-0.4, -0.2) is 50.2 Å². The summed E-state index contributed by atoms with van der Waals surface area (Å²) in [6.07, 6.45) is 3.44. The summed E-state index contributed by atoms with van der Waals surface area (Å²) in [5.74, 6) is -0.506. The third-order valence-electron chi connectivity index (χ3n) is 3.40. The Morgan fingerprint density at radius 2 is 2.04 bits per heavy atom. The molecule has 0 bridgehead atoms. The van der Waals surface area contributed by atoms with E-state index in [1.54, 1.807) is 11.5 Å². The van der Waals surface area contributed by atoms with Gasteiger partial charge in [-0.1, -0.05) is 53.1 Å². The molecule has 1 amide bonds. The number of anilines is 1. The summed E-state index contributed by atoms with van der Waals surface area (Å²) >= 11 is 3.87. The number of esters is 1. The van der Waals surface area contributed by atoms with Crippen LogP contribution in [0.1, 0.15) is 17.4 Å². The smallest absolute Gasteiger partial charge is 0.316 e. The fraction of sp³-hybridized carbons (Fsp3) is 0.235. The molecular formula is C17H17N5O3S3. The number of hydrogen-bond acceptors (Lipinski definition) is 9. The number of nitrogens with one attached hydrogen (secondary N) is 1. The molecule has 0 aliphatic carbocycles. The lowest BCUT2D eigenvalue weighted by atomic mass is 10.3. The Morgan fingerprint density at radius 1 is 1.25 bits per heavy atom. The fourth-order valence-corrected chi connectivity index (χ4v) is 4.36. The molecule has 0 saturated heterocycles. The Hall–Kier alpha value is -2.37. The van der Waals surface area contributed by atoms with E-state index in [0.29, 0.717) is 26.9 Å². The maximum Gasteiger partial charge on any atom is 0.316 e. The van der Waals surface area contributed by atoms with Crippen LogP contribution < -0.4 is 5.32 Å². The van der Waals surface area contributed by atoms with Crippen LogP contribution in [0, 0.1) is 0 Å². The molecule has 1 N–H and O–H groups in total. The molecule has 28 heavy (non-hydrogen) atoms. The number of para-hydroxylation sites is 1. The number of aromatic nitrogens is 4. The minimum Gasteiger partial charge on any atom is -0.465 e. The van der Waals surface area contributed by atoms with Gasteiger partial charge in [-0.2, -0.15) is 0 Å². The average Bonchev–Trinajstić information content (AvgIpc) is 3.34. The van der Waals surface area contributed by atoms with Crippen molar-refractivity contribution in [3.63, 3.8) is 0 Å². The van der Waals surface area contributed by atoms with Gasteiger partial charge in [-0.05, 0) is 25.3 Å². The minimum absolute atomic E-state index is 0.147. The van der Waals surface area contributed by atoms with E-state index in [1.165, 1.54) is 41.1 Å². The zero-order valence-corrected chi connectivity index (χ0v) is 17.6. The number of rotatable bonds is 8. The second-order valence-electron chi connectivity index (χ2n) is 5.22. The van der Waals surface area contributed by atoms with Crippen molar-refractivity contribution in [2.75, 3.05) is 23.9 Å². The van der Waals surface area contributed by atoms with Crippen LogP contribution >= 0.6 is 34.9 Å². The van der Waals surface area contributed by atoms with E-state index in [0.717, 1.165) is 5.69 Å². The van der Waals surface area contributed by atoms with Gasteiger partial charge in [-0.3, -0.25) is 19.5 Å². The molecule has 2 heterocycles. The molecule has 0 spiro atoms. The molecule has 8 nitrogen and oxygen atoms in total. The van der Waals surface area contributed by atoms with Crippen LogP contribution in [0.15, 0.2) is 46.0 Å². The molecule has 2 aromatic heterocycles. The van der Waals surface area contributed by atoms with E-state index in [1.807, 2.05) is 36.6 Å². The summed E-state index contributed by atoms with van der Waals surface area (Å²) in [6.45, 7) is 2.09. The zero-order valence-electron chi connectivity index (χ0n) is 15.1. The maximum absolute atomic E-state index is 12.8. The van der Waals surface area contributed by atoms with Crippen molar-refractivity contribution in [1.82, 2.24) is 19.7 Å². The van der Waals surface area contributed by atoms with Gasteiger partial charge >= 0.3 is 5.97 Å². The molecular weight excluding hydrogens is 418 g/mol. The topological polar surface area (TPSA) is 99.0 Å². The van der Waals surface area contributed by atoms with Gasteiger partial charge in [0.25, 0.3) is 5.91 Å². The summed E-state index contributed by atoms with van der Waals surface area (Å²) in [4.78, 5) is 28.5.